The highest BCUT2D eigenvalue weighted by Crippen LogP contribution is 2.41. The van der Waals surface area contributed by atoms with Gasteiger partial charge in [0.2, 0.25) is 0 Å². The van der Waals surface area contributed by atoms with Crippen LogP contribution in [0, 0.1) is 5.41 Å². The SMILES string of the molecule is CC(C)c1ccccc1C(=O)N1CC2(CCN(C(=O)c3c(Cl)nn(C)c3Cl)C2)C1. The average Bonchev–Trinajstić information content (AvgIpc) is 3.21. The van der Waals surface area contributed by atoms with Crippen LogP contribution in [0.4, 0.5) is 0 Å². The third kappa shape index (κ3) is 3.42. The number of amides is 2. The van der Waals surface area contributed by atoms with Crippen LogP contribution in [0.5, 0.6) is 0 Å². The molecular formula is C21H24Cl2N4O2. The lowest BCUT2D eigenvalue weighted by Gasteiger charge is -2.48. The molecule has 2 aromatic rings. The van der Waals surface area contributed by atoms with Gasteiger partial charge in [-0.05, 0) is 24.0 Å². The molecule has 0 aliphatic carbocycles. The minimum Gasteiger partial charge on any atom is -0.338 e. The number of rotatable bonds is 3. The zero-order valence-electron chi connectivity index (χ0n) is 16.8. The summed E-state index contributed by atoms with van der Waals surface area (Å²) in [6.45, 7) is 6.75. The number of hydrogen-bond acceptors (Lipinski definition) is 3. The molecule has 0 unspecified atom stereocenters. The molecule has 2 saturated heterocycles. The van der Waals surface area contributed by atoms with Crippen LogP contribution < -0.4 is 0 Å². The maximum absolute atomic E-state index is 13.0. The highest BCUT2D eigenvalue weighted by atomic mass is 35.5. The summed E-state index contributed by atoms with van der Waals surface area (Å²) in [5.74, 6) is 0.168. The van der Waals surface area contributed by atoms with E-state index in [4.69, 9.17) is 23.2 Å². The number of nitrogens with zero attached hydrogens (tertiary/aromatic N) is 4. The quantitative estimate of drug-likeness (QED) is 0.736. The van der Waals surface area contributed by atoms with E-state index in [9.17, 15) is 9.59 Å². The highest BCUT2D eigenvalue weighted by Gasteiger charge is 2.51. The van der Waals surface area contributed by atoms with E-state index >= 15 is 0 Å². The molecule has 2 amide bonds. The molecule has 1 aromatic heterocycles. The first kappa shape index (κ1) is 20.2. The minimum absolute atomic E-state index is 0.0424. The van der Waals surface area contributed by atoms with Crippen molar-refractivity contribution in [1.82, 2.24) is 19.6 Å². The molecule has 0 radical (unpaired) electrons. The number of aromatic nitrogens is 2. The first-order chi connectivity index (χ1) is 13.7. The first-order valence-corrected chi connectivity index (χ1v) is 10.5. The Kier molecular flexibility index (Phi) is 5.11. The van der Waals surface area contributed by atoms with Gasteiger partial charge in [-0.15, -0.1) is 0 Å². The standard InChI is InChI=1S/C21H24Cl2N4O2/c1-13(2)14-6-4-5-7-15(14)19(28)27-11-21(12-27)8-9-26(10-21)20(29)16-17(22)24-25(3)18(16)23/h4-7,13H,8-12H2,1-3H3. The number of aryl methyl sites for hydroxylation is 1. The minimum atomic E-state index is -0.195. The van der Waals surface area contributed by atoms with E-state index in [0.717, 1.165) is 17.5 Å². The number of carbonyl (C=O) groups excluding carboxylic acids is 2. The second kappa shape index (κ2) is 7.33. The molecule has 29 heavy (non-hydrogen) atoms. The van der Waals surface area contributed by atoms with Gasteiger partial charge < -0.3 is 9.80 Å². The number of halogens is 2. The smallest absolute Gasteiger partial charge is 0.260 e. The molecule has 2 aliphatic rings. The number of carbonyl (C=O) groups is 2. The largest absolute Gasteiger partial charge is 0.338 e. The lowest BCUT2D eigenvalue weighted by molar-refractivity contribution is 0.0109. The molecule has 3 heterocycles. The topological polar surface area (TPSA) is 58.4 Å². The Balaban J connectivity index is 1.44. The molecule has 0 bridgehead atoms. The molecule has 8 heteroatoms. The third-order valence-corrected chi connectivity index (χ3v) is 6.73. The van der Waals surface area contributed by atoms with Crippen molar-refractivity contribution in [2.24, 2.45) is 12.5 Å². The second-order valence-corrected chi connectivity index (χ2v) is 9.18. The van der Waals surface area contributed by atoms with Gasteiger partial charge in [-0.25, -0.2) is 0 Å². The zero-order valence-corrected chi connectivity index (χ0v) is 18.3. The van der Waals surface area contributed by atoms with Gasteiger partial charge in [0.1, 0.15) is 10.7 Å². The van der Waals surface area contributed by atoms with Gasteiger partial charge in [-0.1, -0.05) is 55.2 Å². The van der Waals surface area contributed by atoms with E-state index in [1.165, 1.54) is 4.68 Å². The van der Waals surface area contributed by atoms with Crippen molar-refractivity contribution in [3.63, 3.8) is 0 Å². The molecule has 6 nitrogen and oxygen atoms in total. The van der Waals surface area contributed by atoms with Crippen LogP contribution in [0.15, 0.2) is 24.3 Å². The summed E-state index contributed by atoms with van der Waals surface area (Å²) in [5, 5.41) is 4.39. The van der Waals surface area contributed by atoms with Gasteiger partial charge >= 0.3 is 0 Å². The van der Waals surface area contributed by atoms with Crippen molar-refractivity contribution in [1.29, 1.82) is 0 Å². The lowest BCUT2D eigenvalue weighted by Crippen LogP contribution is -2.59. The van der Waals surface area contributed by atoms with Crippen LogP contribution >= 0.6 is 23.2 Å². The number of likely N-dealkylation sites (tertiary alicyclic amines) is 2. The van der Waals surface area contributed by atoms with E-state index in [1.807, 2.05) is 29.2 Å². The summed E-state index contributed by atoms with van der Waals surface area (Å²) in [6, 6.07) is 7.80. The summed E-state index contributed by atoms with van der Waals surface area (Å²) >= 11 is 12.3. The van der Waals surface area contributed by atoms with Crippen molar-refractivity contribution >= 4 is 35.0 Å². The van der Waals surface area contributed by atoms with Crippen molar-refractivity contribution < 1.29 is 9.59 Å². The van der Waals surface area contributed by atoms with Gasteiger partial charge in [-0.2, -0.15) is 5.10 Å². The average molecular weight is 435 g/mol. The molecule has 2 fully saturated rings. The van der Waals surface area contributed by atoms with Crippen LogP contribution in [0.2, 0.25) is 10.3 Å². The van der Waals surface area contributed by atoms with Crippen molar-refractivity contribution in [2.45, 2.75) is 26.2 Å². The molecule has 4 rings (SSSR count). The second-order valence-electron chi connectivity index (χ2n) is 8.46. The van der Waals surface area contributed by atoms with E-state index in [0.29, 0.717) is 32.1 Å². The lowest BCUT2D eigenvalue weighted by atomic mass is 9.78. The summed E-state index contributed by atoms with van der Waals surface area (Å²) < 4.78 is 1.40. The Bertz CT molecular complexity index is 979. The number of benzene rings is 1. The first-order valence-electron chi connectivity index (χ1n) is 9.78. The molecular weight excluding hydrogens is 411 g/mol. The Morgan fingerprint density at radius 2 is 1.72 bits per heavy atom. The monoisotopic (exact) mass is 434 g/mol. The molecule has 154 valence electrons. The predicted octanol–water partition coefficient (Wildman–Crippen LogP) is 3.84. The fourth-order valence-corrected chi connectivity index (χ4v) is 4.99. The molecule has 0 atom stereocenters. The molecule has 0 N–H and O–H groups in total. The van der Waals surface area contributed by atoms with Crippen molar-refractivity contribution in [2.75, 3.05) is 26.2 Å². The molecule has 2 aliphatic heterocycles. The van der Waals surface area contributed by atoms with Gasteiger partial charge in [0.05, 0.1) is 0 Å². The van der Waals surface area contributed by atoms with Crippen molar-refractivity contribution in [3.05, 3.63) is 51.3 Å². The maximum Gasteiger partial charge on any atom is 0.260 e. The molecule has 1 aromatic carbocycles. The third-order valence-electron chi connectivity index (χ3n) is 6.03. The highest BCUT2D eigenvalue weighted by molar-refractivity contribution is 6.38. The number of hydrogen-bond donors (Lipinski definition) is 0. The summed E-state index contributed by atoms with van der Waals surface area (Å²) in [7, 11) is 1.65. The fraction of sp³-hybridized carbons (Fsp3) is 0.476. The maximum atomic E-state index is 13.0. The predicted molar refractivity (Wildman–Crippen MR) is 113 cm³/mol. The van der Waals surface area contributed by atoms with E-state index < -0.39 is 0 Å². The summed E-state index contributed by atoms with van der Waals surface area (Å²) in [4.78, 5) is 29.6. The fourth-order valence-electron chi connectivity index (χ4n) is 4.45. The van der Waals surface area contributed by atoms with E-state index in [2.05, 4.69) is 18.9 Å². The van der Waals surface area contributed by atoms with Gasteiger partial charge in [0, 0.05) is 44.2 Å². The molecule has 0 saturated carbocycles. The Morgan fingerprint density at radius 3 is 2.34 bits per heavy atom. The van der Waals surface area contributed by atoms with Crippen molar-refractivity contribution in [3.8, 4) is 0 Å². The van der Waals surface area contributed by atoms with Gasteiger partial charge in [0.25, 0.3) is 11.8 Å². The Morgan fingerprint density at radius 1 is 1.07 bits per heavy atom. The summed E-state index contributed by atoms with van der Waals surface area (Å²) in [6.07, 6.45) is 0.865. The van der Waals surface area contributed by atoms with Crippen LogP contribution in [-0.4, -0.2) is 57.6 Å². The van der Waals surface area contributed by atoms with Crippen LogP contribution in [0.25, 0.3) is 0 Å². The van der Waals surface area contributed by atoms with Crippen LogP contribution in [0.3, 0.4) is 0 Å². The van der Waals surface area contributed by atoms with Crippen LogP contribution in [-0.2, 0) is 7.05 Å². The Hall–Kier alpha value is -2.05. The van der Waals surface area contributed by atoms with E-state index in [1.54, 1.807) is 11.9 Å². The van der Waals surface area contributed by atoms with E-state index in [-0.39, 0.29) is 33.1 Å². The van der Waals surface area contributed by atoms with Gasteiger partial charge in [-0.3, -0.25) is 14.3 Å². The zero-order chi connectivity index (χ0) is 20.9. The normalized spacial score (nSPS) is 17.9. The summed E-state index contributed by atoms with van der Waals surface area (Å²) in [5.41, 5.74) is 2.06. The Labute approximate surface area is 180 Å². The van der Waals surface area contributed by atoms with Crippen LogP contribution in [0.1, 0.15) is 52.5 Å². The van der Waals surface area contributed by atoms with Gasteiger partial charge in [0.15, 0.2) is 5.15 Å². The molecule has 1 spiro atoms.